The number of ether oxygens (including phenoxy) is 1. The van der Waals surface area contributed by atoms with Crippen molar-refractivity contribution in [3.63, 3.8) is 0 Å². The SMILES string of the molecule is CCC(C)C(C)NS(=O)(=O)c1ccc(OCCO)cc1. The summed E-state index contributed by atoms with van der Waals surface area (Å²) in [6.45, 7) is 6.02. The maximum atomic E-state index is 12.2. The molecule has 0 heterocycles. The highest BCUT2D eigenvalue weighted by molar-refractivity contribution is 7.89. The number of hydrogen-bond acceptors (Lipinski definition) is 4. The second-order valence-corrected chi connectivity index (χ2v) is 6.55. The number of hydrogen-bond donors (Lipinski definition) is 2. The molecule has 0 spiro atoms. The van der Waals surface area contributed by atoms with E-state index in [9.17, 15) is 8.42 Å². The van der Waals surface area contributed by atoms with Crippen molar-refractivity contribution in [2.24, 2.45) is 5.92 Å². The molecule has 0 saturated carbocycles. The van der Waals surface area contributed by atoms with E-state index in [-0.39, 0.29) is 30.1 Å². The fourth-order valence-corrected chi connectivity index (χ4v) is 3.01. The van der Waals surface area contributed by atoms with Gasteiger partial charge in [-0.05, 0) is 37.1 Å². The average Bonchev–Trinajstić information content (AvgIpc) is 2.44. The van der Waals surface area contributed by atoms with Crippen LogP contribution in [0, 0.1) is 5.92 Å². The van der Waals surface area contributed by atoms with Crippen LogP contribution >= 0.6 is 0 Å². The highest BCUT2D eigenvalue weighted by Gasteiger charge is 2.20. The van der Waals surface area contributed by atoms with Crippen LogP contribution in [0.3, 0.4) is 0 Å². The van der Waals surface area contributed by atoms with E-state index in [4.69, 9.17) is 9.84 Å². The van der Waals surface area contributed by atoms with Crippen LogP contribution in [0.5, 0.6) is 5.75 Å². The lowest BCUT2D eigenvalue weighted by atomic mass is 10.0. The first kappa shape index (κ1) is 16.9. The summed E-state index contributed by atoms with van der Waals surface area (Å²) in [6, 6.07) is 6.04. The molecule has 0 amide bonds. The minimum absolute atomic E-state index is 0.0754. The van der Waals surface area contributed by atoms with Gasteiger partial charge >= 0.3 is 0 Å². The normalized spacial score (nSPS) is 14.8. The Labute approximate surface area is 121 Å². The predicted molar refractivity (Wildman–Crippen MR) is 78.3 cm³/mol. The first-order chi connectivity index (χ1) is 9.40. The minimum Gasteiger partial charge on any atom is -0.491 e. The van der Waals surface area contributed by atoms with Gasteiger partial charge in [-0.1, -0.05) is 20.3 Å². The van der Waals surface area contributed by atoms with Crippen LogP contribution in [0.15, 0.2) is 29.2 Å². The van der Waals surface area contributed by atoms with Crippen LogP contribution in [0.4, 0.5) is 0 Å². The molecule has 0 aliphatic carbocycles. The largest absolute Gasteiger partial charge is 0.491 e. The van der Waals surface area contributed by atoms with Gasteiger partial charge in [-0.15, -0.1) is 0 Å². The summed E-state index contributed by atoms with van der Waals surface area (Å²) in [5.74, 6) is 0.810. The maximum absolute atomic E-state index is 12.2. The number of sulfonamides is 1. The average molecular weight is 301 g/mol. The Morgan fingerprint density at radius 3 is 2.35 bits per heavy atom. The topological polar surface area (TPSA) is 75.6 Å². The number of benzene rings is 1. The van der Waals surface area contributed by atoms with E-state index in [0.29, 0.717) is 5.75 Å². The Balaban J connectivity index is 2.77. The lowest BCUT2D eigenvalue weighted by Gasteiger charge is -2.19. The van der Waals surface area contributed by atoms with Crippen molar-refractivity contribution in [2.45, 2.75) is 38.1 Å². The molecule has 2 atom stereocenters. The highest BCUT2D eigenvalue weighted by atomic mass is 32.2. The maximum Gasteiger partial charge on any atom is 0.240 e. The molecule has 114 valence electrons. The van der Waals surface area contributed by atoms with Crippen LogP contribution in [-0.2, 0) is 10.0 Å². The van der Waals surface area contributed by atoms with Gasteiger partial charge in [0.15, 0.2) is 0 Å². The molecule has 0 aliphatic rings. The van der Waals surface area contributed by atoms with Crippen LogP contribution in [0.2, 0.25) is 0 Å². The smallest absolute Gasteiger partial charge is 0.240 e. The summed E-state index contributed by atoms with van der Waals surface area (Å²) >= 11 is 0. The van der Waals surface area contributed by atoms with Crippen molar-refractivity contribution in [3.8, 4) is 5.75 Å². The molecule has 1 aromatic rings. The zero-order valence-corrected chi connectivity index (χ0v) is 13.0. The van der Waals surface area contributed by atoms with E-state index >= 15 is 0 Å². The van der Waals surface area contributed by atoms with Gasteiger partial charge in [-0.3, -0.25) is 0 Å². The van der Waals surface area contributed by atoms with E-state index in [1.165, 1.54) is 12.1 Å². The first-order valence-electron chi connectivity index (χ1n) is 6.76. The van der Waals surface area contributed by atoms with Crippen LogP contribution in [0.25, 0.3) is 0 Å². The summed E-state index contributed by atoms with van der Waals surface area (Å²) in [6.07, 6.45) is 0.914. The molecule has 0 bridgehead atoms. The highest BCUT2D eigenvalue weighted by Crippen LogP contribution is 2.17. The molecule has 0 saturated heterocycles. The van der Waals surface area contributed by atoms with Gasteiger partial charge in [0.25, 0.3) is 0 Å². The number of rotatable bonds is 8. The molecular formula is C14H23NO4S. The predicted octanol–water partition coefficient (Wildman–Crippen LogP) is 1.77. The Kier molecular flexibility index (Phi) is 6.45. The van der Waals surface area contributed by atoms with Crippen molar-refractivity contribution in [1.29, 1.82) is 0 Å². The Morgan fingerprint density at radius 2 is 1.85 bits per heavy atom. The third-order valence-electron chi connectivity index (χ3n) is 3.33. The summed E-state index contributed by atoms with van der Waals surface area (Å²) < 4.78 is 32.3. The summed E-state index contributed by atoms with van der Waals surface area (Å²) in [7, 11) is -3.51. The van der Waals surface area contributed by atoms with Gasteiger partial charge in [0.1, 0.15) is 12.4 Å². The second-order valence-electron chi connectivity index (χ2n) is 4.84. The summed E-state index contributed by atoms with van der Waals surface area (Å²) in [4.78, 5) is 0.212. The number of nitrogens with one attached hydrogen (secondary N) is 1. The van der Waals surface area contributed by atoms with Gasteiger partial charge in [0.05, 0.1) is 11.5 Å². The van der Waals surface area contributed by atoms with Crippen molar-refractivity contribution in [1.82, 2.24) is 4.72 Å². The molecule has 2 N–H and O–H groups in total. The first-order valence-corrected chi connectivity index (χ1v) is 8.25. The van der Waals surface area contributed by atoms with Gasteiger partial charge < -0.3 is 9.84 Å². The van der Waals surface area contributed by atoms with Gasteiger partial charge in [-0.25, -0.2) is 13.1 Å². The van der Waals surface area contributed by atoms with Crippen LogP contribution in [0.1, 0.15) is 27.2 Å². The van der Waals surface area contributed by atoms with E-state index in [2.05, 4.69) is 4.72 Å². The van der Waals surface area contributed by atoms with E-state index in [1.807, 2.05) is 20.8 Å². The fraction of sp³-hybridized carbons (Fsp3) is 0.571. The molecule has 0 radical (unpaired) electrons. The third-order valence-corrected chi connectivity index (χ3v) is 4.91. The van der Waals surface area contributed by atoms with E-state index < -0.39 is 10.0 Å². The van der Waals surface area contributed by atoms with Crippen molar-refractivity contribution < 1.29 is 18.3 Å². The lowest BCUT2D eigenvalue weighted by Crippen LogP contribution is -2.36. The van der Waals surface area contributed by atoms with Crippen molar-refractivity contribution in [2.75, 3.05) is 13.2 Å². The third kappa shape index (κ3) is 4.77. The Morgan fingerprint density at radius 1 is 1.25 bits per heavy atom. The van der Waals surface area contributed by atoms with E-state index in [1.54, 1.807) is 12.1 Å². The molecule has 1 rings (SSSR count). The quantitative estimate of drug-likeness (QED) is 0.767. The van der Waals surface area contributed by atoms with E-state index in [0.717, 1.165) is 6.42 Å². The molecule has 6 heteroatoms. The standard InChI is InChI=1S/C14H23NO4S/c1-4-11(2)12(3)15-20(17,18)14-7-5-13(6-8-14)19-10-9-16/h5-8,11-12,15-16H,4,9-10H2,1-3H3. The van der Waals surface area contributed by atoms with Crippen LogP contribution in [-0.4, -0.2) is 32.8 Å². The fourth-order valence-electron chi connectivity index (χ4n) is 1.66. The molecule has 1 aromatic carbocycles. The molecular weight excluding hydrogens is 278 g/mol. The van der Waals surface area contributed by atoms with Gasteiger partial charge in [0.2, 0.25) is 10.0 Å². The Hall–Kier alpha value is -1.11. The molecule has 0 aromatic heterocycles. The molecule has 20 heavy (non-hydrogen) atoms. The van der Waals surface area contributed by atoms with Crippen molar-refractivity contribution in [3.05, 3.63) is 24.3 Å². The zero-order valence-electron chi connectivity index (χ0n) is 12.2. The van der Waals surface area contributed by atoms with Crippen molar-refractivity contribution >= 4 is 10.0 Å². The molecule has 5 nitrogen and oxygen atoms in total. The van der Waals surface area contributed by atoms with Gasteiger partial charge in [-0.2, -0.15) is 0 Å². The molecule has 0 fully saturated rings. The van der Waals surface area contributed by atoms with Crippen LogP contribution < -0.4 is 9.46 Å². The zero-order chi connectivity index (χ0) is 15.2. The minimum atomic E-state index is -3.51. The lowest BCUT2D eigenvalue weighted by molar-refractivity contribution is 0.201. The number of aliphatic hydroxyl groups excluding tert-OH is 1. The number of aliphatic hydroxyl groups is 1. The monoisotopic (exact) mass is 301 g/mol. The summed E-state index contributed by atoms with van der Waals surface area (Å²) in [5.41, 5.74) is 0. The summed E-state index contributed by atoms with van der Waals surface area (Å²) in [5, 5.41) is 8.65. The van der Waals surface area contributed by atoms with Gasteiger partial charge in [0, 0.05) is 6.04 Å². The molecule has 0 aliphatic heterocycles. The Bertz CT molecular complexity index is 498. The molecule has 2 unspecified atom stereocenters. The second kappa shape index (κ2) is 7.61.